The number of nitrogens with one attached hydrogen (secondary N) is 3. The van der Waals surface area contributed by atoms with Crippen LogP contribution in [0.1, 0.15) is 92.7 Å². The summed E-state index contributed by atoms with van der Waals surface area (Å²) in [4.78, 5) is 33.0. The lowest BCUT2D eigenvalue weighted by molar-refractivity contribution is 0.0945. The first-order valence-electron chi connectivity index (χ1n) is 16.4. The smallest absolute Gasteiger partial charge is 0.319 e. The molecule has 4 aromatic rings. The van der Waals surface area contributed by atoms with Crippen molar-refractivity contribution in [3.8, 4) is 5.75 Å². The maximum absolute atomic E-state index is 13.4. The Morgan fingerprint density at radius 2 is 1.75 bits per heavy atom. The summed E-state index contributed by atoms with van der Waals surface area (Å²) < 4.78 is 14.0. The summed E-state index contributed by atoms with van der Waals surface area (Å²) >= 11 is 0. The van der Waals surface area contributed by atoms with E-state index in [1.807, 2.05) is 86.8 Å². The number of amides is 3. The third kappa shape index (κ3) is 8.11. The lowest BCUT2D eigenvalue weighted by Gasteiger charge is -2.32. The molecule has 5 rings (SSSR count). The van der Waals surface area contributed by atoms with E-state index in [1.165, 1.54) is 0 Å². The Labute approximate surface area is 282 Å². The summed E-state index contributed by atoms with van der Waals surface area (Å²) in [7, 11) is 5.58. The maximum atomic E-state index is 13.4. The molecule has 3 aromatic heterocycles. The van der Waals surface area contributed by atoms with Crippen molar-refractivity contribution in [2.45, 2.75) is 70.4 Å². The molecule has 1 aromatic carbocycles. The molecule has 1 aliphatic carbocycles. The molecular formula is C36H48N8O4. The van der Waals surface area contributed by atoms with Crippen LogP contribution in [0, 0.1) is 0 Å². The Morgan fingerprint density at radius 1 is 1.00 bits per heavy atom. The number of rotatable bonds is 11. The van der Waals surface area contributed by atoms with Crippen molar-refractivity contribution in [3.63, 3.8) is 0 Å². The molecule has 2 atom stereocenters. The van der Waals surface area contributed by atoms with Crippen molar-refractivity contribution < 1.29 is 19.1 Å². The Bertz CT molecular complexity index is 1760. The summed E-state index contributed by atoms with van der Waals surface area (Å²) in [6.07, 6.45) is 3.11. The standard InChI is InChI=1S/C36H48N8O4/c1-35(2,3)30-20-23(19-28(39-30)32(45)37-17-18-43(6)7)38-34(46)40-27-14-15-29(26-12-10-9-11-25(26)27)48-24-13-16-31-41-42-33(44(31)21-24)36(4,5)22-47-8/h9-13,16,19-21,27,29H,14-15,17-18,22H2,1-8H3,(H,37,45)(H2,38,39,40,46)/t27-,29+/m0/s1. The number of aromatic nitrogens is 4. The van der Waals surface area contributed by atoms with E-state index in [-0.39, 0.29) is 40.6 Å². The van der Waals surface area contributed by atoms with Crippen molar-refractivity contribution >= 4 is 23.3 Å². The van der Waals surface area contributed by atoms with Gasteiger partial charge in [0, 0.05) is 42.4 Å². The molecule has 1 aliphatic rings. The Balaban J connectivity index is 1.31. The first kappa shape index (κ1) is 34.8. The highest BCUT2D eigenvalue weighted by Gasteiger charge is 2.31. The number of likely N-dealkylation sites (N-methyl/N-ethyl adjacent to an activating group) is 1. The van der Waals surface area contributed by atoms with Crippen LogP contribution in [0.5, 0.6) is 5.75 Å². The number of fused-ring (bicyclic) bond motifs is 2. The van der Waals surface area contributed by atoms with Gasteiger partial charge in [0.15, 0.2) is 5.65 Å². The van der Waals surface area contributed by atoms with Crippen molar-refractivity contribution in [2.24, 2.45) is 0 Å². The van der Waals surface area contributed by atoms with E-state index in [9.17, 15) is 9.59 Å². The average Bonchev–Trinajstić information content (AvgIpc) is 3.46. The molecule has 0 spiro atoms. The first-order chi connectivity index (χ1) is 22.7. The van der Waals surface area contributed by atoms with Crippen LogP contribution in [0.25, 0.3) is 5.65 Å². The summed E-state index contributed by atoms with van der Waals surface area (Å²) in [6.45, 7) is 11.9. The van der Waals surface area contributed by atoms with Crippen molar-refractivity contribution in [1.29, 1.82) is 0 Å². The van der Waals surface area contributed by atoms with Crippen LogP contribution in [-0.4, -0.2) is 77.3 Å². The highest BCUT2D eigenvalue weighted by atomic mass is 16.5. The number of benzene rings is 1. The molecule has 0 unspecified atom stereocenters. The van der Waals surface area contributed by atoms with Crippen LogP contribution in [0.3, 0.4) is 0 Å². The van der Waals surface area contributed by atoms with Gasteiger partial charge in [0.2, 0.25) is 0 Å². The minimum absolute atomic E-state index is 0.199. The fourth-order valence-corrected chi connectivity index (χ4v) is 5.93. The molecule has 0 radical (unpaired) electrons. The van der Waals surface area contributed by atoms with E-state index in [0.717, 1.165) is 22.6 Å². The van der Waals surface area contributed by atoms with Gasteiger partial charge in [-0.15, -0.1) is 10.2 Å². The predicted molar refractivity (Wildman–Crippen MR) is 186 cm³/mol. The van der Waals surface area contributed by atoms with E-state index in [1.54, 1.807) is 13.2 Å². The maximum Gasteiger partial charge on any atom is 0.319 e. The molecule has 0 fully saturated rings. The van der Waals surface area contributed by atoms with Crippen molar-refractivity contribution in [1.82, 2.24) is 35.1 Å². The Kier molecular flexibility index (Phi) is 10.4. The zero-order chi connectivity index (χ0) is 34.6. The topological polar surface area (TPSA) is 135 Å². The number of ether oxygens (including phenoxy) is 2. The normalized spacial score (nSPS) is 16.4. The third-order valence-electron chi connectivity index (χ3n) is 8.43. The highest BCUT2D eigenvalue weighted by molar-refractivity contribution is 5.95. The molecule has 0 aliphatic heterocycles. The van der Waals surface area contributed by atoms with Crippen LogP contribution in [0.15, 0.2) is 54.7 Å². The molecule has 0 saturated heterocycles. The van der Waals surface area contributed by atoms with Crippen LogP contribution < -0.4 is 20.7 Å². The van der Waals surface area contributed by atoms with E-state index in [2.05, 4.69) is 51.0 Å². The average molecular weight is 657 g/mol. The second-order valence-corrected chi connectivity index (χ2v) is 14.3. The number of anilines is 1. The zero-order valence-corrected chi connectivity index (χ0v) is 29.3. The summed E-state index contributed by atoms with van der Waals surface area (Å²) in [5.74, 6) is 1.22. The van der Waals surface area contributed by atoms with Gasteiger partial charge in [0.05, 0.1) is 18.8 Å². The SMILES string of the molecule is COCC(C)(C)c1nnc2ccc(O[C@@H]3CC[C@H](NC(=O)Nc4cc(C(=O)NCCN(C)C)nc(C(C)(C)C)c4)c4ccccc43)cn12. The second kappa shape index (κ2) is 14.3. The predicted octanol–water partition coefficient (Wildman–Crippen LogP) is 5.41. The number of urea groups is 1. The van der Waals surface area contributed by atoms with Crippen molar-refractivity contribution in [2.75, 3.05) is 46.2 Å². The molecule has 0 saturated carbocycles. The second-order valence-electron chi connectivity index (χ2n) is 14.3. The lowest BCUT2D eigenvalue weighted by Crippen LogP contribution is -2.36. The number of carbonyl (C=O) groups excluding carboxylic acids is 2. The summed E-state index contributed by atoms with van der Waals surface area (Å²) in [5.41, 5.74) is 3.57. The van der Waals surface area contributed by atoms with Gasteiger partial charge in [-0.05, 0) is 62.3 Å². The van der Waals surface area contributed by atoms with Gasteiger partial charge in [-0.3, -0.25) is 9.20 Å². The highest BCUT2D eigenvalue weighted by Crippen LogP contribution is 2.39. The molecular weight excluding hydrogens is 608 g/mol. The molecule has 3 amide bonds. The first-order valence-corrected chi connectivity index (χ1v) is 16.4. The monoisotopic (exact) mass is 656 g/mol. The fourth-order valence-electron chi connectivity index (χ4n) is 5.93. The van der Waals surface area contributed by atoms with E-state index < -0.39 is 0 Å². The summed E-state index contributed by atoms with van der Waals surface area (Å²) in [5, 5.41) is 17.8. The Hall–Kier alpha value is -4.55. The number of methoxy groups -OCH3 is 1. The number of hydrogen-bond acceptors (Lipinski definition) is 8. The van der Waals surface area contributed by atoms with Gasteiger partial charge in [-0.1, -0.05) is 58.9 Å². The van der Waals surface area contributed by atoms with E-state index in [0.29, 0.717) is 49.7 Å². The van der Waals surface area contributed by atoms with Crippen LogP contribution in [0.2, 0.25) is 0 Å². The molecule has 3 N–H and O–H groups in total. The fraction of sp³-hybridized carbons (Fsp3) is 0.472. The van der Waals surface area contributed by atoms with Gasteiger partial charge in [0.25, 0.3) is 5.91 Å². The quantitative estimate of drug-likeness (QED) is 0.195. The van der Waals surface area contributed by atoms with Crippen LogP contribution in [0.4, 0.5) is 10.5 Å². The lowest BCUT2D eigenvalue weighted by atomic mass is 9.85. The minimum Gasteiger partial charge on any atom is -0.484 e. The van der Waals surface area contributed by atoms with E-state index >= 15 is 0 Å². The molecule has 12 nitrogen and oxygen atoms in total. The number of hydrogen-bond donors (Lipinski definition) is 3. The van der Waals surface area contributed by atoms with Gasteiger partial charge in [-0.2, -0.15) is 0 Å². The molecule has 12 heteroatoms. The van der Waals surface area contributed by atoms with Gasteiger partial charge in [-0.25, -0.2) is 9.78 Å². The van der Waals surface area contributed by atoms with Crippen LogP contribution in [-0.2, 0) is 15.6 Å². The van der Waals surface area contributed by atoms with Gasteiger partial charge < -0.3 is 30.3 Å². The van der Waals surface area contributed by atoms with Gasteiger partial charge in [0.1, 0.15) is 23.4 Å². The third-order valence-corrected chi connectivity index (χ3v) is 8.43. The molecule has 256 valence electrons. The Morgan fingerprint density at radius 3 is 2.46 bits per heavy atom. The number of nitrogens with zero attached hydrogens (tertiary/aromatic N) is 5. The van der Waals surface area contributed by atoms with E-state index in [4.69, 9.17) is 9.47 Å². The van der Waals surface area contributed by atoms with Crippen LogP contribution >= 0.6 is 0 Å². The van der Waals surface area contributed by atoms with Gasteiger partial charge >= 0.3 is 6.03 Å². The number of carbonyl (C=O) groups is 2. The largest absolute Gasteiger partial charge is 0.484 e. The number of pyridine rings is 2. The minimum atomic E-state index is -0.358. The summed E-state index contributed by atoms with van der Waals surface area (Å²) in [6, 6.07) is 14.7. The molecule has 3 heterocycles. The zero-order valence-electron chi connectivity index (χ0n) is 29.3. The molecule has 48 heavy (non-hydrogen) atoms. The van der Waals surface area contributed by atoms with Crippen molar-refractivity contribution in [3.05, 3.63) is 83.1 Å². The molecule has 0 bridgehead atoms.